The third-order valence-corrected chi connectivity index (χ3v) is 5.76. The molecule has 1 fully saturated rings. The highest BCUT2D eigenvalue weighted by atomic mass is 16.2. The van der Waals surface area contributed by atoms with E-state index in [0.717, 1.165) is 16.8 Å². The maximum absolute atomic E-state index is 13.2. The number of nitrogens with one attached hydrogen (secondary N) is 2. The molecule has 0 aromatic heterocycles. The molecule has 3 rings (SSSR count). The quantitative estimate of drug-likeness (QED) is 0.753. The normalized spacial score (nSPS) is 14.8. The molecule has 2 aromatic carbocycles. The number of carbonyl (C=O) groups is 3. The number of piperazine rings is 1. The van der Waals surface area contributed by atoms with Crippen molar-refractivity contribution in [3.8, 4) is 0 Å². The minimum absolute atomic E-state index is 0.0573. The molecular weight excluding hydrogens is 404 g/mol. The summed E-state index contributed by atoms with van der Waals surface area (Å²) in [7, 11) is 0. The molecule has 32 heavy (non-hydrogen) atoms. The van der Waals surface area contributed by atoms with Crippen molar-refractivity contribution < 1.29 is 14.4 Å². The van der Waals surface area contributed by atoms with E-state index in [1.165, 1.54) is 0 Å². The summed E-state index contributed by atoms with van der Waals surface area (Å²) < 4.78 is 0. The zero-order chi connectivity index (χ0) is 23.3. The SMILES string of the molecule is Cc1cccc(NC(=O)N2CCN(C(=O)C(NC(=O)c3ccccc3C)C(C)C)CC2)c1. The number of hydrogen-bond donors (Lipinski definition) is 2. The Morgan fingerprint density at radius 2 is 1.53 bits per heavy atom. The van der Waals surface area contributed by atoms with E-state index in [4.69, 9.17) is 0 Å². The van der Waals surface area contributed by atoms with Gasteiger partial charge in [0.25, 0.3) is 5.91 Å². The fraction of sp³-hybridized carbons (Fsp3) is 0.400. The molecule has 170 valence electrons. The molecule has 2 aromatic rings. The van der Waals surface area contributed by atoms with Crippen molar-refractivity contribution in [3.05, 3.63) is 65.2 Å². The lowest BCUT2D eigenvalue weighted by Gasteiger charge is -2.37. The van der Waals surface area contributed by atoms with Crippen LogP contribution in [-0.2, 0) is 4.79 Å². The molecule has 1 saturated heterocycles. The highest BCUT2D eigenvalue weighted by Crippen LogP contribution is 2.14. The van der Waals surface area contributed by atoms with Gasteiger partial charge < -0.3 is 20.4 Å². The summed E-state index contributed by atoms with van der Waals surface area (Å²) in [5.41, 5.74) is 3.27. The molecule has 4 amide bonds. The van der Waals surface area contributed by atoms with Crippen LogP contribution in [0.5, 0.6) is 0 Å². The van der Waals surface area contributed by atoms with Crippen LogP contribution in [0.15, 0.2) is 48.5 Å². The Balaban J connectivity index is 1.58. The van der Waals surface area contributed by atoms with E-state index in [0.29, 0.717) is 31.7 Å². The van der Waals surface area contributed by atoms with Gasteiger partial charge in [0, 0.05) is 37.4 Å². The molecular formula is C25H32N4O3. The number of rotatable bonds is 5. The van der Waals surface area contributed by atoms with Crippen LogP contribution >= 0.6 is 0 Å². The molecule has 7 nitrogen and oxygen atoms in total. The predicted octanol–water partition coefficient (Wildman–Crippen LogP) is 3.43. The van der Waals surface area contributed by atoms with Gasteiger partial charge in [-0.25, -0.2) is 4.79 Å². The van der Waals surface area contributed by atoms with E-state index >= 15 is 0 Å². The number of carbonyl (C=O) groups excluding carboxylic acids is 3. The first-order valence-electron chi connectivity index (χ1n) is 11.0. The smallest absolute Gasteiger partial charge is 0.321 e. The van der Waals surface area contributed by atoms with Crippen molar-refractivity contribution in [1.82, 2.24) is 15.1 Å². The summed E-state index contributed by atoms with van der Waals surface area (Å²) in [6.07, 6.45) is 0. The summed E-state index contributed by atoms with van der Waals surface area (Å²) in [6, 6.07) is 14.2. The molecule has 0 bridgehead atoms. The molecule has 1 atom stereocenters. The maximum Gasteiger partial charge on any atom is 0.321 e. The monoisotopic (exact) mass is 436 g/mol. The predicted molar refractivity (Wildman–Crippen MR) is 126 cm³/mol. The summed E-state index contributed by atoms with van der Waals surface area (Å²) in [4.78, 5) is 42.0. The lowest BCUT2D eigenvalue weighted by Crippen LogP contribution is -2.57. The molecule has 0 aliphatic carbocycles. The van der Waals surface area contributed by atoms with Crippen molar-refractivity contribution in [3.63, 3.8) is 0 Å². The average Bonchev–Trinajstić information content (AvgIpc) is 2.77. The van der Waals surface area contributed by atoms with Gasteiger partial charge in [-0.05, 0) is 49.1 Å². The lowest BCUT2D eigenvalue weighted by atomic mass is 10.0. The molecule has 0 radical (unpaired) electrons. The molecule has 1 aliphatic heterocycles. The minimum atomic E-state index is -0.616. The number of anilines is 1. The van der Waals surface area contributed by atoms with E-state index in [1.807, 2.05) is 70.2 Å². The Hall–Kier alpha value is -3.35. The first-order chi connectivity index (χ1) is 15.3. The van der Waals surface area contributed by atoms with Crippen LogP contribution in [-0.4, -0.2) is 59.9 Å². The number of nitrogens with zero attached hydrogens (tertiary/aromatic N) is 2. The van der Waals surface area contributed by atoms with E-state index in [9.17, 15) is 14.4 Å². The highest BCUT2D eigenvalue weighted by Gasteiger charge is 2.32. The van der Waals surface area contributed by atoms with E-state index < -0.39 is 6.04 Å². The van der Waals surface area contributed by atoms with Crippen molar-refractivity contribution in [2.45, 2.75) is 33.7 Å². The molecule has 7 heteroatoms. The fourth-order valence-corrected chi connectivity index (χ4v) is 3.81. The number of benzene rings is 2. The highest BCUT2D eigenvalue weighted by molar-refractivity contribution is 5.98. The molecule has 0 saturated carbocycles. The molecule has 2 N–H and O–H groups in total. The number of aryl methyl sites for hydroxylation is 2. The summed E-state index contributed by atoms with van der Waals surface area (Å²) in [5, 5.41) is 5.83. The molecule has 1 aliphatic rings. The Morgan fingerprint density at radius 1 is 0.875 bits per heavy atom. The van der Waals surface area contributed by atoms with Gasteiger partial charge in [-0.1, -0.05) is 44.2 Å². The van der Waals surface area contributed by atoms with Gasteiger partial charge in [-0.15, -0.1) is 0 Å². The maximum atomic E-state index is 13.2. The van der Waals surface area contributed by atoms with Crippen molar-refractivity contribution in [2.75, 3.05) is 31.5 Å². The third kappa shape index (κ3) is 5.66. The topological polar surface area (TPSA) is 81.8 Å². The Labute approximate surface area is 189 Å². The van der Waals surface area contributed by atoms with Crippen molar-refractivity contribution in [1.29, 1.82) is 0 Å². The van der Waals surface area contributed by atoms with Gasteiger partial charge in [0.15, 0.2) is 0 Å². The second-order valence-electron chi connectivity index (χ2n) is 8.62. The first-order valence-corrected chi connectivity index (χ1v) is 11.0. The average molecular weight is 437 g/mol. The van der Waals surface area contributed by atoms with Gasteiger partial charge in [-0.2, -0.15) is 0 Å². The van der Waals surface area contributed by atoms with Gasteiger partial charge in [0.1, 0.15) is 6.04 Å². The zero-order valence-corrected chi connectivity index (χ0v) is 19.2. The van der Waals surface area contributed by atoms with Crippen LogP contribution in [0.1, 0.15) is 35.3 Å². The van der Waals surface area contributed by atoms with Crippen LogP contribution in [0.25, 0.3) is 0 Å². The number of urea groups is 1. The zero-order valence-electron chi connectivity index (χ0n) is 19.2. The number of amides is 4. The van der Waals surface area contributed by atoms with Crippen LogP contribution in [0.2, 0.25) is 0 Å². The first kappa shape index (κ1) is 23.3. The van der Waals surface area contributed by atoms with Crippen LogP contribution in [0, 0.1) is 19.8 Å². The minimum Gasteiger partial charge on any atom is -0.340 e. The van der Waals surface area contributed by atoms with E-state index in [-0.39, 0.29) is 23.8 Å². The van der Waals surface area contributed by atoms with Gasteiger partial charge >= 0.3 is 6.03 Å². The standard InChI is InChI=1S/C25H32N4O3/c1-17(2)22(27-23(30)21-11-6-5-9-19(21)4)24(31)28-12-14-29(15-13-28)25(32)26-20-10-7-8-18(3)16-20/h5-11,16-17,22H,12-15H2,1-4H3,(H,26,32)(H,27,30). The lowest BCUT2D eigenvalue weighted by molar-refractivity contribution is -0.135. The van der Waals surface area contributed by atoms with Crippen molar-refractivity contribution in [2.24, 2.45) is 5.92 Å². The van der Waals surface area contributed by atoms with Crippen molar-refractivity contribution >= 4 is 23.5 Å². The van der Waals surface area contributed by atoms with Crippen LogP contribution < -0.4 is 10.6 Å². The van der Waals surface area contributed by atoms with Gasteiger partial charge in [0.05, 0.1) is 0 Å². The molecule has 1 heterocycles. The summed E-state index contributed by atoms with van der Waals surface area (Å²) in [6.45, 7) is 9.45. The second-order valence-corrected chi connectivity index (χ2v) is 8.62. The largest absolute Gasteiger partial charge is 0.340 e. The van der Waals surface area contributed by atoms with Gasteiger partial charge in [0.2, 0.25) is 5.91 Å². The Bertz CT molecular complexity index is 981. The van der Waals surface area contributed by atoms with E-state index in [1.54, 1.807) is 15.9 Å². The third-order valence-electron chi connectivity index (χ3n) is 5.76. The van der Waals surface area contributed by atoms with Gasteiger partial charge in [-0.3, -0.25) is 9.59 Å². The second kappa shape index (κ2) is 10.3. The summed E-state index contributed by atoms with van der Waals surface area (Å²) >= 11 is 0. The molecule has 0 spiro atoms. The molecule has 1 unspecified atom stereocenters. The van der Waals surface area contributed by atoms with E-state index in [2.05, 4.69) is 10.6 Å². The fourth-order valence-electron chi connectivity index (χ4n) is 3.81. The Morgan fingerprint density at radius 3 is 2.16 bits per heavy atom. The Kier molecular flexibility index (Phi) is 7.51. The van der Waals surface area contributed by atoms with Crippen LogP contribution in [0.4, 0.5) is 10.5 Å². The number of hydrogen-bond acceptors (Lipinski definition) is 3. The van der Waals surface area contributed by atoms with Crippen LogP contribution in [0.3, 0.4) is 0 Å². The summed E-state index contributed by atoms with van der Waals surface area (Å²) in [5.74, 6) is -0.412.